The lowest BCUT2D eigenvalue weighted by atomic mass is 9.98. The van der Waals surface area contributed by atoms with Gasteiger partial charge in [0, 0.05) is 39.0 Å². The molecule has 0 bridgehead atoms. The molecular formula is C41H46N4O10. The maximum Gasteiger partial charge on any atom is 0.409 e. The first kappa shape index (κ1) is 39.3. The summed E-state index contributed by atoms with van der Waals surface area (Å²) in [5.74, 6) is -2.72. The third kappa shape index (κ3) is 9.45. The fraction of sp³-hybridized carbons (Fsp3) is 0.415. The van der Waals surface area contributed by atoms with E-state index in [0.717, 1.165) is 17.7 Å². The van der Waals surface area contributed by atoms with Crippen LogP contribution in [0.25, 0.3) is 11.1 Å². The van der Waals surface area contributed by atoms with Crippen molar-refractivity contribution in [2.75, 3.05) is 65.2 Å². The Bertz CT molecular complexity index is 1870. The number of fused-ring (bicyclic) bond motifs is 4. The minimum Gasteiger partial charge on any atom is -0.448 e. The summed E-state index contributed by atoms with van der Waals surface area (Å²) < 4.78 is 22.5. The average molecular weight is 755 g/mol. The van der Waals surface area contributed by atoms with Gasteiger partial charge in [-0.05, 0) is 53.6 Å². The summed E-state index contributed by atoms with van der Waals surface area (Å²) in [6.45, 7) is 3.15. The van der Waals surface area contributed by atoms with Crippen LogP contribution in [0.5, 0.6) is 0 Å². The van der Waals surface area contributed by atoms with Crippen molar-refractivity contribution in [1.82, 2.24) is 15.1 Å². The summed E-state index contributed by atoms with van der Waals surface area (Å²) in [6, 6.07) is 20.0. The zero-order valence-electron chi connectivity index (χ0n) is 30.9. The summed E-state index contributed by atoms with van der Waals surface area (Å²) in [5, 5.41) is 4.91. The number of likely N-dealkylation sites (N-methyl/N-ethyl adjacent to an activating group) is 1. The highest BCUT2D eigenvalue weighted by atomic mass is 16.6. The van der Waals surface area contributed by atoms with Crippen LogP contribution in [0, 0.1) is 0 Å². The van der Waals surface area contributed by atoms with Gasteiger partial charge in [0.2, 0.25) is 17.7 Å². The number of nitrogens with one attached hydrogen (secondary N) is 2. The second-order valence-electron chi connectivity index (χ2n) is 13.6. The number of carbonyl (C=O) groups is 6. The van der Waals surface area contributed by atoms with Crippen LogP contribution in [0.3, 0.4) is 0 Å². The number of amides is 6. The van der Waals surface area contributed by atoms with Crippen LogP contribution in [-0.2, 0) is 33.3 Å². The van der Waals surface area contributed by atoms with Crippen LogP contribution in [0.2, 0.25) is 0 Å². The number of hydrogen-bond donors (Lipinski definition) is 2. The fourth-order valence-corrected chi connectivity index (χ4v) is 7.04. The van der Waals surface area contributed by atoms with Gasteiger partial charge in [-0.2, -0.15) is 0 Å². The van der Waals surface area contributed by atoms with E-state index in [1.54, 1.807) is 19.2 Å². The maximum absolute atomic E-state index is 13.2. The van der Waals surface area contributed by atoms with Crippen molar-refractivity contribution in [3.8, 4) is 11.1 Å². The molecule has 0 spiro atoms. The van der Waals surface area contributed by atoms with Gasteiger partial charge in [-0.3, -0.25) is 34.2 Å². The molecule has 55 heavy (non-hydrogen) atoms. The Hall–Kier alpha value is -5.44. The van der Waals surface area contributed by atoms with Gasteiger partial charge in [-0.25, -0.2) is 4.79 Å². The first-order chi connectivity index (χ1) is 26.7. The second-order valence-corrected chi connectivity index (χ2v) is 13.6. The van der Waals surface area contributed by atoms with E-state index in [4.69, 9.17) is 18.9 Å². The van der Waals surface area contributed by atoms with Gasteiger partial charge in [0.1, 0.15) is 12.6 Å². The zero-order valence-corrected chi connectivity index (χ0v) is 30.9. The molecule has 3 aromatic carbocycles. The summed E-state index contributed by atoms with van der Waals surface area (Å²) in [5.41, 5.74) is 5.08. The third-order valence-corrected chi connectivity index (χ3v) is 9.90. The van der Waals surface area contributed by atoms with Crippen molar-refractivity contribution in [3.63, 3.8) is 0 Å². The van der Waals surface area contributed by atoms with Crippen LogP contribution in [0.4, 0.5) is 10.5 Å². The molecule has 0 radical (unpaired) electrons. The third-order valence-electron chi connectivity index (χ3n) is 9.90. The van der Waals surface area contributed by atoms with Crippen molar-refractivity contribution in [1.29, 1.82) is 0 Å². The van der Waals surface area contributed by atoms with E-state index in [-0.39, 0.29) is 54.5 Å². The van der Waals surface area contributed by atoms with Crippen LogP contribution < -0.4 is 10.6 Å². The summed E-state index contributed by atoms with van der Waals surface area (Å²) in [7, 11) is 1.69. The lowest BCUT2D eigenvalue weighted by Gasteiger charge is -2.27. The van der Waals surface area contributed by atoms with E-state index < -0.39 is 35.8 Å². The molecule has 0 saturated carbocycles. The Morgan fingerprint density at radius 1 is 0.764 bits per heavy atom. The Kier molecular flexibility index (Phi) is 13.4. The number of rotatable bonds is 19. The molecular weight excluding hydrogens is 708 g/mol. The number of carbonyl (C=O) groups excluding carboxylic acids is 6. The summed E-state index contributed by atoms with van der Waals surface area (Å²) >= 11 is 0. The van der Waals surface area contributed by atoms with Crippen molar-refractivity contribution < 1.29 is 47.7 Å². The molecule has 6 rings (SSSR count). The van der Waals surface area contributed by atoms with Gasteiger partial charge in [0.15, 0.2) is 0 Å². The van der Waals surface area contributed by atoms with E-state index in [9.17, 15) is 28.8 Å². The molecule has 3 aromatic rings. The molecule has 1 saturated heterocycles. The molecule has 14 nitrogen and oxygen atoms in total. The molecule has 2 N–H and O–H groups in total. The molecule has 1 atom stereocenters. The molecule has 14 heteroatoms. The summed E-state index contributed by atoms with van der Waals surface area (Å²) in [6.07, 6.45) is 2.00. The van der Waals surface area contributed by atoms with E-state index in [1.165, 1.54) is 33.2 Å². The summed E-state index contributed by atoms with van der Waals surface area (Å²) in [4.78, 5) is 77.8. The lowest BCUT2D eigenvalue weighted by molar-refractivity contribution is -0.136. The Balaban J connectivity index is 0.768. The van der Waals surface area contributed by atoms with Crippen molar-refractivity contribution in [2.24, 2.45) is 0 Å². The zero-order chi connectivity index (χ0) is 38.7. The number of anilines is 1. The number of imide groups is 2. The van der Waals surface area contributed by atoms with Gasteiger partial charge in [-0.15, -0.1) is 0 Å². The van der Waals surface area contributed by atoms with Crippen molar-refractivity contribution in [3.05, 3.63) is 89.0 Å². The smallest absolute Gasteiger partial charge is 0.409 e. The normalized spacial score (nSPS) is 16.1. The van der Waals surface area contributed by atoms with Crippen LogP contribution in [0.1, 0.15) is 76.3 Å². The largest absolute Gasteiger partial charge is 0.448 e. The quantitative estimate of drug-likeness (QED) is 0.131. The van der Waals surface area contributed by atoms with Crippen molar-refractivity contribution >= 4 is 41.3 Å². The Morgan fingerprint density at radius 3 is 2.09 bits per heavy atom. The lowest BCUT2D eigenvalue weighted by Crippen LogP contribution is -2.54. The molecule has 2 heterocycles. The number of nitrogens with zero attached hydrogens (tertiary/aromatic N) is 2. The minimum atomic E-state index is -1.08. The van der Waals surface area contributed by atoms with Crippen LogP contribution >= 0.6 is 0 Å². The Labute approximate surface area is 319 Å². The monoisotopic (exact) mass is 754 g/mol. The van der Waals surface area contributed by atoms with Gasteiger partial charge < -0.3 is 29.2 Å². The number of unbranched alkanes of at least 4 members (excludes halogenated alkanes) is 2. The number of benzene rings is 3. The standard InChI is InChI=1S/C41H46N4O10/c1-44(41(51)55-26-32-29-12-6-4-10-27(29)28-11-5-7-13-30(28)32)19-21-53-23-25-54-24-22-52-20-8-2-3-16-35(46)42-33-15-9-14-31-37(33)40(50)45(39(31)49)34-17-18-36(47)43-38(34)48/h4-7,9-15,32,34H,2-3,8,16-26H2,1H3,(H,42,46)(H,43,47,48). The van der Waals surface area contributed by atoms with E-state index in [1.807, 2.05) is 24.3 Å². The predicted octanol–water partition coefficient (Wildman–Crippen LogP) is 4.52. The highest BCUT2D eigenvalue weighted by molar-refractivity contribution is 6.26. The first-order valence-electron chi connectivity index (χ1n) is 18.7. The van der Waals surface area contributed by atoms with Crippen LogP contribution in [-0.4, -0.2) is 111 Å². The molecule has 3 aliphatic rings. The van der Waals surface area contributed by atoms with E-state index >= 15 is 0 Å². The highest BCUT2D eigenvalue weighted by Gasteiger charge is 2.45. The van der Waals surface area contributed by atoms with Crippen LogP contribution in [0.15, 0.2) is 66.7 Å². The van der Waals surface area contributed by atoms with E-state index in [2.05, 4.69) is 34.9 Å². The number of piperidine rings is 1. The minimum absolute atomic E-state index is 0.0120. The molecule has 1 fully saturated rings. The molecule has 1 unspecified atom stereocenters. The van der Waals surface area contributed by atoms with Crippen molar-refractivity contribution in [2.45, 2.75) is 50.5 Å². The first-order valence-corrected chi connectivity index (χ1v) is 18.7. The van der Waals surface area contributed by atoms with Gasteiger partial charge in [-0.1, -0.05) is 61.0 Å². The topological polar surface area (TPSA) is 170 Å². The Morgan fingerprint density at radius 2 is 1.40 bits per heavy atom. The maximum atomic E-state index is 13.2. The van der Waals surface area contributed by atoms with Gasteiger partial charge >= 0.3 is 6.09 Å². The number of ether oxygens (including phenoxy) is 4. The molecule has 0 aromatic heterocycles. The van der Waals surface area contributed by atoms with Gasteiger partial charge in [0.25, 0.3) is 11.8 Å². The molecule has 290 valence electrons. The fourth-order valence-electron chi connectivity index (χ4n) is 7.04. The SMILES string of the molecule is CN(CCOCCOCCOCCCCCC(=O)Nc1cccc2c1C(=O)N(C1CCC(=O)NC1=O)C2=O)C(=O)OCC1c2ccccc2-c2ccccc21. The molecule has 6 amide bonds. The second kappa shape index (κ2) is 18.7. The van der Waals surface area contributed by atoms with E-state index in [0.29, 0.717) is 52.6 Å². The predicted molar refractivity (Wildman–Crippen MR) is 200 cm³/mol. The molecule has 2 aliphatic heterocycles. The molecule has 1 aliphatic carbocycles. The highest BCUT2D eigenvalue weighted by Crippen LogP contribution is 2.44. The number of hydrogen-bond acceptors (Lipinski definition) is 10. The average Bonchev–Trinajstić information content (AvgIpc) is 3.64. The van der Waals surface area contributed by atoms with Gasteiger partial charge in [0.05, 0.1) is 49.8 Å².